The number of nitrogens with zero attached hydrogens (tertiary/aromatic N) is 2. The van der Waals surface area contributed by atoms with Crippen molar-refractivity contribution in [1.82, 2.24) is 19.9 Å². The SMILES string of the molecule is CCCCCc1c2nc(c(Br)c3ccc([nH]3)c(CCCCC)c3ccc([nH]3)c(C#Cc3ccc(C#C[Si](C(C)C)(C(C)C)C(C)C)cc3)c3nc1C=C3)C=C2. The van der Waals surface area contributed by atoms with Crippen LogP contribution < -0.4 is 0 Å². The highest BCUT2D eigenvalue weighted by Crippen LogP contribution is 2.41. The van der Waals surface area contributed by atoms with Gasteiger partial charge in [-0.2, -0.15) is 0 Å². The van der Waals surface area contributed by atoms with Gasteiger partial charge >= 0.3 is 0 Å². The molecular formula is C49H57BrN4Si. The van der Waals surface area contributed by atoms with Crippen LogP contribution in [0.5, 0.6) is 0 Å². The summed E-state index contributed by atoms with van der Waals surface area (Å²) in [4.78, 5) is 18.0. The van der Waals surface area contributed by atoms with Crippen molar-refractivity contribution in [1.29, 1.82) is 0 Å². The third-order valence-electron chi connectivity index (χ3n) is 11.5. The highest BCUT2D eigenvalue weighted by atomic mass is 79.9. The number of hydrogen-bond acceptors (Lipinski definition) is 2. The number of fused-ring (bicyclic) bond motifs is 8. The zero-order chi connectivity index (χ0) is 39.1. The first-order chi connectivity index (χ1) is 26.5. The molecule has 0 saturated heterocycles. The van der Waals surface area contributed by atoms with Crippen molar-refractivity contribution < 1.29 is 0 Å². The molecule has 2 N–H and O–H groups in total. The quantitative estimate of drug-likeness (QED) is 0.0778. The minimum Gasteiger partial charge on any atom is -0.354 e. The third kappa shape index (κ3) is 8.88. The lowest BCUT2D eigenvalue weighted by atomic mass is 10.0. The van der Waals surface area contributed by atoms with Crippen molar-refractivity contribution >= 4 is 70.4 Å². The molecule has 0 amide bonds. The Hall–Kier alpha value is -4.36. The Labute approximate surface area is 339 Å². The molecule has 6 heteroatoms. The molecule has 5 heterocycles. The van der Waals surface area contributed by atoms with Crippen molar-refractivity contribution in [3.8, 4) is 23.3 Å². The smallest absolute Gasteiger partial charge is 0.146 e. The van der Waals surface area contributed by atoms with E-state index in [1.807, 2.05) is 0 Å². The minimum atomic E-state index is -1.82. The fourth-order valence-electron chi connectivity index (χ4n) is 8.44. The predicted octanol–water partition coefficient (Wildman–Crippen LogP) is 13.9. The first-order valence-corrected chi connectivity index (χ1v) is 23.5. The Kier molecular flexibility index (Phi) is 13.2. The maximum absolute atomic E-state index is 5.29. The Balaban J connectivity index is 1.53. The highest BCUT2D eigenvalue weighted by Gasteiger charge is 2.41. The average Bonchev–Trinajstić information content (AvgIpc) is 4.00. The third-order valence-corrected chi connectivity index (χ3v) is 18.6. The van der Waals surface area contributed by atoms with Crippen LogP contribution in [0.25, 0.3) is 46.4 Å². The monoisotopic (exact) mass is 808 g/mol. The van der Waals surface area contributed by atoms with Gasteiger partial charge in [0.15, 0.2) is 0 Å². The van der Waals surface area contributed by atoms with Gasteiger partial charge in [0.2, 0.25) is 0 Å². The van der Waals surface area contributed by atoms with Gasteiger partial charge in [0.1, 0.15) is 8.07 Å². The molecule has 0 unspecified atom stereocenters. The van der Waals surface area contributed by atoms with Gasteiger partial charge in [-0.15, -0.1) is 5.54 Å². The molecule has 6 rings (SSSR count). The van der Waals surface area contributed by atoms with Crippen molar-refractivity contribution in [2.45, 2.75) is 123 Å². The number of unbranched alkanes of at least 4 members (excludes halogenated alkanes) is 4. The van der Waals surface area contributed by atoms with Crippen LogP contribution in [0.15, 0.2) is 53.0 Å². The lowest BCUT2D eigenvalue weighted by Crippen LogP contribution is -2.43. The highest BCUT2D eigenvalue weighted by molar-refractivity contribution is 9.10. The Morgan fingerprint density at radius 1 is 0.545 bits per heavy atom. The van der Waals surface area contributed by atoms with Crippen molar-refractivity contribution in [2.24, 2.45) is 0 Å². The number of benzene rings is 1. The summed E-state index contributed by atoms with van der Waals surface area (Å²) in [6.07, 6.45) is 17.3. The second kappa shape index (κ2) is 18.1. The van der Waals surface area contributed by atoms with Crippen LogP contribution in [0.4, 0.5) is 0 Å². The Bertz CT molecular complexity index is 2340. The first kappa shape index (κ1) is 40.3. The number of aromatic amines is 2. The fraction of sp³-hybridized carbons (Fsp3) is 0.388. The molecule has 0 radical (unpaired) electrons. The molecular weight excluding hydrogens is 753 g/mol. The summed E-state index contributed by atoms with van der Waals surface area (Å²) in [5.74, 6) is 10.7. The van der Waals surface area contributed by atoms with Gasteiger partial charge in [-0.05, 0) is 137 Å². The number of aromatic nitrogens is 4. The maximum atomic E-state index is 5.29. The van der Waals surface area contributed by atoms with Crippen LogP contribution in [-0.2, 0) is 12.8 Å². The average molecular weight is 810 g/mol. The summed E-state index contributed by atoms with van der Waals surface area (Å²) in [5, 5.41) is 0. The standard InChI is InChI=1S/C49H57BrN4Si/c1-9-11-13-15-38-41-23-25-45(51-41)40(22-21-36-17-19-37(20-18-36)31-32-55(33(3)4,34(5)6)35(7)8)46-26-24-42(52-46)39(16-14-12-10-2)44-28-30-48(54-44)49(50)47-29-27-43(38)53-47/h17-20,23-30,33-35,51,53H,9-16H2,1-8H3. The molecule has 55 heavy (non-hydrogen) atoms. The van der Waals surface area contributed by atoms with Gasteiger partial charge in [-0.3, -0.25) is 0 Å². The summed E-state index contributed by atoms with van der Waals surface area (Å²) in [7, 11) is -1.82. The molecule has 3 aromatic heterocycles. The van der Waals surface area contributed by atoms with Crippen molar-refractivity contribution in [3.63, 3.8) is 0 Å². The van der Waals surface area contributed by atoms with Gasteiger partial charge < -0.3 is 9.97 Å². The number of halogens is 1. The van der Waals surface area contributed by atoms with E-state index in [-0.39, 0.29) is 0 Å². The van der Waals surface area contributed by atoms with E-state index in [0.717, 1.165) is 105 Å². The predicted molar refractivity (Wildman–Crippen MR) is 243 cm³/mol. The zero-order valence-electron chi connectivity index (χ0n) is 34.1. The van der Waals surface area contributed by atoms with Crippen LogP contribution in [0.1, 0.15) is 145 Å². The molecule has 8 bridgehead atoms. The number of aryl methyl sites for hydroxylation is 1. The first-order valence-electron chi connectivity index (χ1n) is 20.5. The summed E-state index contributed by atoms with van der Waals surface area (Å²) >= 11 is 3.90. The van der Waals surface area contributed by atoms with Gasteiger partial charge in [0.05, 0.1) is 43.8 Å². The summed E-state index contributed by atoms with van der Waals surface area (Å²) in [6.45, 7) is 18.7. The molecule has 0 saturated carbocycles. The van der Waals surface area contributed by atoms with E-state index < -0.39 is 8.07 Å². The van der Waals surface area contributed by atoms with Crippen LogP contribution in [-0.4, -0.2) is 28.0 Å². The van der Waals surface area contributed by atoms with E-state index in [1.54, 1.807) is 0 Å². The summed E-state index contributed by atoms with van der Waals surface area (Å²) < 4.78 is 0.962. The second-order valence-electron chi connectivity index (χ2n) is 16.0. The lowest BCUT2D eigenvalue weighted by molar-refractivity contribution is 0.714. The summed E-state index contributed by atoms with van der Waals surface area (Å²) in [5.41, 5.74) is 18.9. The van der Waals surface area contributed by atoms with Crippen LogP contribution in [0.2, 0.25) is 16.6 Å². The molecule has 4 nitrogen and oxygen atoms in total. The van der Waals surface area contributed by atoms with Gasteiger partial charge in [0, 0.05) is 27.7 Å². The number of rotatable bonds is 11. The normalized spacial score (nSPS) is 12.4. The minimum absolute atomic E-state index is 0.601. The van der Waals surface area contributed by atoms with Crippen molar-refractivity contribution in [2.75, 3.05) is 0 Å². The van der Waals surface area contributed by atoms with Gasteiger partial charge in [-0.25, -0.2) is 9.97 Å². The topological polar surface area (TPSA) is 57.4 Å². The lowest BCUT2D eigenvalue weighted by Gasteiger charge is -2.38. The molecule has 0 aliphatic carbocycles. The van der Waals surface area contributed by atoms with Gasteiger partial charge in [0.25, 0.3) is 0 Å². The maximum Gasteiger partial charge on any atom is 0.146 e. The van der Waals surface area contributed by atoms with Crippen LogP contribution >= 0.6 is 15.9 Å². The van der Waals surface area contributed by atoms with E-state index in [4.69, 9.17) is 9.97 Å². The molecule has 1 aromatic carbocycles. The number of H-pyrrole nitrogens is 2. The number of nitrogens with one attached hydrogen (secondary N) is 2. The van der Waals surface area contributed by atoms with Crippen LogP contribution in [0.3, 0.4) is 0 Å². The molecule has 0 atom stereocenters. The molecule has 284 valence electrons. The van der Waals surface area contributed by atoms with Crippen molar-refractivity contribution in [3.05, 3.63) is 104 Å². The molecule has 2 aliphatic heterocycles. The molecule has 0 spiro atoms. The molecule has 0 fully saturated rings. The second-order valence-corrected chi connectivity index (χ2v) is 22.4. The van der Waals surface area contributed by atoms with Crippen LogP contribution in [0, 0.1) is 23.3 Å². The molecule has 4 aromatic rings. The largest absolute Gasteiger partial charge is 0.354 e. The Morgan fingerprint density at radius 2 is 1.02 bits per heavy atom. The van der Waals surface area contributed by atoms with E-state index in [0.29, 0.717) is 16.6 Å². The summed E-state index contributed by atoms with van der Waals surface area (Å²) in [6, 6.07) is 17.2. The van der Waals surface area contributed by atoms with E-state index in [9.17, 15) is 0 Å². The Morgan fingerprint density at radius 3 is 1.60 bits per heavy atom. The van der Waals surface area contributed by atoms with E-state index >= 15 is 0 Å². The number of hydrogen-bond donors (Lipinski definition) is 2. The van der Waals surface area contributed by atoms with E-state index in [1.165, 1.54) is 24.0 Å². The zero-order valence-corrected chi connectivity index (χ0v) is 36.7. The van der Waals surface area contributed by atoms with Gasteiger partial charge in [-0.1, -0.05) is 98.8 Å². The molecule has 2 aliphatic rings. The fourth-order valence-corrected chi connectivity index (χ4v) is 14.1. The van der Waals surface area contributed by atoms with E-state index in [2.05, 4.69) is 177 Å².